The number of benzene rings is 3. The molecular weight excluding hydrogens is 428 g/mol. The van der Waals surface area contributed by atoms with E-state index in [1.807, 2.05) is 60.7 Å². The average molecular weight is 447 g/mol. The van der Waals surface area contributed by atoms with E-state index in [0.29, 0.717) is 16.4 Å². The number of carboxylic acid groups (broad SMARTS) is 1. The zero-order valence-electron chi connectivity index (χ0n) is 16.9. The monoisotopic (exact) mass is 446 g/mol. The fourth-order valence-electron chi connectivity index (χ4n) is 3.30. The van der Waals surface area contributed by atoms with Crippen LogP contribution in [0.2, 0.25) is 5.02 Å². The van der Waals surface area contributed by atoms with Gasteiger partial charge in [0.15, 0.2) is 5.82 Å². The zero-order chi connectivity index (χ0) is 22.5. The average Bonchev–Trinajstić information content (AvgIpc) is 3.25. The summed E-state index contributed by atoms with van der Waals surface area (Å²) < 4.78 is 1.59. The van der Waals surface area contributed by atoms with E-state index in [1.165, 1.54) is 0 Å². The minimum absolute atomic E-state index is 0.0647. The normalized spacial score (nSPS) is 11.7. The number of nitrogens with one attached hydrogen (secondary N) is 1. The van der Waals surface area contributed by atoms with E-state index in [2.05, 4.69) is 15.4 Å². The molecule has 0 unspecified atom stereocenters. The number of halogens is 1. The van der Waals surface area contributed by atoms with Crippen LogP contribution in [0.5, 0.6) is 0 Å². The maximum atomic E-state index is 13.0. The van der Waals surface area contributed by atoms with E-state index in [1.54, 1.807) is 28.9 Å². The van der Waals surface area contributed by atoms with Crippen molar-refractivity contribution in [3.63, 3.8) is 0 Å². The highest BCUT2D eigenvalue weighted by atomic mass is 35.5. The van der Waals surface area contributed by atoms with Crippen molar-refractivity contribution in [2.75, 3.05) is 0 Å². The zero-order valence-corrected chi connectivity index (χ0v) is 17.6. The Morgan fingerprint density at radius 2 is 1.66 bits per heavy atom. The number of carbonyl (C=O) groups is 2. The Morgan fingerprint density at radius 1 is 0.969 bits per heavy atom. The molecule has 0 spiro atoms. The minimum atomic E-state index is -1.05. The molecule has 32 heavy (non-hydrogen) atoms. The molecule has 3 aromatic carbocycles. The van der Waals surface area contributed by atoms with Gasteiger partial charge in [-0.25, -0.2) is 9.67 Å². The van der Waals surface area contributed by atoms with Crippen molar-refractivity contribution < 1.29 is 14.7 Å². The van der Waals surface area contributed by atoms with E-state index >= 15 is 0 Å². The van der Waals surface area contributed by atoms with E-state index in [-0.39, 0.29) is 12.2 Å². The van der Waals surface area contributed by atoms with E-state index in [9.17, 15) is 14.7 Å². The Balaban J connectivity index is 1.70. The predicted octanol–water partition coefficient (Wildman–Crippen LogP) is 4.53. The number of amides is 1. The summed E-state index contributed by atoms with van der Waals surface area (Å²) in [5.41, 5.74) is 2.12. The van der Waals surface area contributed by atoms with Crippen LogP contribution >= 0.6 is 11.6 Å². The van der Waals surface area contributed by atoms with Crippen molar-refractivity contribution in [1.29, 1.82) is 0 Å². The molecular formula is C24H19ClN4O3. The third-order valence-electron chi connectivity index (χ3n) is 4.78. The number of rotatable bonds is 7. The van der Waals surface area contributed by atoms with Crippen LogP contribution in [0.3, 0.4) is 0 Å². The van der Waals surface area contributed by atoms with Gasteiger partial charge in [-0.05, 0) is 29.8 Å². The number of hydrogen-bond donors (Lipinski definition) is 2. The highest BCUT2D eigenvalue weighted by Crippen LogP contribution is 2.23. The number of para-hydroxylation sites is 1. The number of aromatic nitrogens is 3. The van der Waals surface area contributed by atoms with Gasteiger partial charge in [-0.2, -0.15) is 0 Å². The van der Waals surface area contributed by atoms with Crippen LogP contribution in [0.25, 0.3) is 17.1 Å². The molecule has 0 saturated carbocycles. The van der Waals surface area contributed by atoms with Crippen LogP contribution < -0.4 is 5.32 Å². The standard InChI is InChI=1S/C24H19ClN4O3/c25-18-11-7-10-17(14-18)20(15-21(30)31)26-24(32)22-27-23(16-8-3-1-4-9-16)29(28-22)19-12-5-2-6-13-19/h1-14,20H,15H2,(H,26,32)(H,30,31)/t20-/m0/s1. The van der Waals surface area contributed by atoms with Gasteiger partial charge in [0.1, 0.15) is 0 Å². The van der Waals surface area contributed by atoms with E-state index in [4.69, 9.17) is 11.6 Å². The van der Waals surface area contributed by atoms with Crippen molar-refractivity contribution >= 4 is 23.5 Å². The van der Waals surface area contributed by atoms with Gasteiger partial charge in [0.25, 0.3) is 5.91 Å². The van der Waals surface area contributed by atoms with Crippen LogP contribution in [-0.2, 0) is 4.79 Å². The summed E-state index contributed by atoms with van der Waals surface area (Å²) in [4.78, 5) is 28.9. The van der Waals surface area contributed by atoms with Crippen LogP contribution in [-0.4, -0.2) is 31.7 Å². The Morgan fingerprint density at radius 3 is 2.31 bits per heavy atom. The first-order valence-corrected chi connectivity index (χ1v) is 10.2. The summed E-state index contributed by atoms with van der Waals surface area (Å²) in [6, 6.07) is 24.7. The molecule has 4 rings (SSSR count). The van der Waals surface area contributed by atoms with Gasteiger partial charge in [0.2, 0.25) is 5.82 Å². The molecule has 0 aliphatic carbocycles. The second-order valence-corrected chi connectivity index (χ2v) is 7.49. The molecule has 1 atom stereocenters. The Labute approximate surface area is 189 Å². The SMILES string of the molecule is O=C(O)C[C@H](NC(=O)c1nc(-c2ccccc2)n(-c2ccccc2)n1)c1cccc(Cl)c1. The highest BCUT2D eigenvalue weighted by molar-refractivity contribution is 6.30. The lowest BCUT2D eigenvalue weighted by atomic mass is 10.0. The number of carbonyl (C=O) groups excluding carboxylic acids is 1. The maximum Gasteiger partial charge on any atom is 0.305 e. The van der Waals surface area contributed by atoms with Gasteiger partial charge in [-0.15, -0.1) is 5.10 Å². The third-order valence-corrected chi connectivity index (χ3v) is 5.01. The van der Waals surface area contributed by atoms with Crippen LogP contribution in [0, 0.1) is 0 Å². The number of nitrogens with zero attached hydrogens (tertiary/aromatic N) is 3. The third kappa shape index (κ3) is 4.84. The number of hydrogen-bond acceptors (Lipinski definition) is 4. The molecule has 0 aliphatic rings. The molecule has 1 heterocycles. The van der Waals surface area contributed by atoms with Gasteiger partial charge in [0.05, 0.1) is 18.2 Å². The lowest BCUT2D eigenvalue weighted by molar-refractivity contribution is -0.137. The second-order valence-electron chi connectivity index (χ2n) is 7.05. The predicted molar refractivity (Wildman–Crippen MR) is 121 cm³/mol. The summed E-state index contributed by atoms with van der Waals surface area (Å²) in [7, 11) is 0. The molecule has 1 amide bonds. The Kier molecular flexibility index (Phi) is 6.28. The first-order valence-electron chi connectivity index (χ1n) is 9.87. The summed E-state index contributed by atoms with van der Waals surface area (Å²) >= 11 is 6.05. The summed E-state index contributed by atoms with van der Waals surface area (Å²) in [6.45, 7) is 0. The summed E-state index contributed by atoms with van der Waals surface area (Å²) in [6.07, 6.45) is -0.309. The van der Waals surface area contributed by atoms with Crippen molar-refractivity contribution in [3.05, 3.63) is 101 Å². The van der Waals surface area contributed by atoms with E-state index in [0.717, 1.165) is 11.3 Å². The van der Waals surface area contributed by atoms with Crippen molar-refractivity contribution in [1.82, 2.24) is 20.1 Å². The van der Waals surface area contributed by atoms with Crippen LogP contribution in [0.4, 0.5) is 0 Å². The largest absolute Gasteiger partial charge is 0.481 e. The molecule has 1 aromatic heterocycles. The first-order chi connectivity index (χ1) is 15.5. The highest BCUT2D eigenvalue weighted by Gasteiger charge is 2.23. The van der Waals surface area contributed by atoms with Gasteiger partial charge in [-0.3, -0.25) is 9.59 Å². The molecule has 0 radical (unpaired) electrons. The molecule has 0 saturated heterocycles. The molecule has 0 aliphatic heterocycles. The second kappa shape index (κ2) is 9.45. The Bertz CT molecular complexity index is 1190. The van der Waals surface area contributed by atoms with Crippen LogP contribution in [0.15, 0.2) is 84.9 Å². The topological polar surface area (TPSA) is 97.1 Å². The minimum Gasteiger partial charge on any atom is -0.481 e. The van der Waals surface area contributed by atoms with Gasteiger partial charge < -0.3 is 10.4 Å². The van der Waals surface area contributed by atoms with Gasteiger partial charge >= 0.3 is 5.97 Å². The molecule has 8 heteroatoms. The van der Waals surface area contributed by atoms with Crippen LogP contribution in [0.1, 0.15) is 28.6 Å². The molecule has 4 aromatic rings. The smallest absolute Gasteiger partial charge is 0.305 e. The maximum absolute atomic E-state index is 13.0. The quantitative estimate of drug-likeness (QED) is 0.434. The van der Waals surface area contributed by atoms with E-state index < -0.39 is 17.9 Å². The fourth-order valence-corrected chi connectivity index (χ4v) is 3.50. The number of aliphatic carboxylic acids is 1. The van der Waals surface area contributed by atoms with Gasteiger partial charge in [-0.1, -0.05) is 72.3 Å². The lowest BCUT2D eigenvalue weighted by Crippen LogP contribution is -2.31. The molecule has 0 fully saturated rings. The van der Waals surface area contributed by atoms with Gasteiger partial charge in [0, 0.05) is 10.6 Å². The van der Waals surface area contributed by atoms with Crippen molar-refractivity contribution in [3.8, 4) is 17.1 Å². The molecule has 2 N–H and O–H groups in total. The lowest BCUT2D eigenvalue weighted by Gasteiger charge is -2.16. The van der Waals surface area contributed by atoms with Crippen molar-refractivity contribution in [2.45, 2.75) is 12.5 Å². The molecule has 7 nitrogen and oxygen atoms in total. The fraction of sp³-hybridized carbons (Fsp3) is 0.0833. The molecule has 160 valence electrons. The Hall–Kier alpha value is -3.97. The molecule has 0 bridgehead atoms. The summed E-state index contributed by atoms with van der Waals surface area (Å²) in [5, 5.41) is 16.9. The first kappa shape index (κ1) is 21.3. The number of carboxylic acids is 1. The van der Waals surface area contributed by atoms with Crippen molar-refractivity contribution in [2.24, 2.45) is 0 Å². The summed E-state index contributed by atoms with van der Waals surface area (Å²) in [5.74, 6) is -1.20.